The van der Waals surface area contributed by atoms with Crippen LogP contribution in [0.25, 0.3) is 0 Å². The van der Waals surface area contributed by atoms with Crippen LogP contribution in [0.2, 0.25) is 0 Å². The average molecular weight is 447 g/mol. The van der Waals surface area contributed by atoms with E-state index in [-0.39, 0.29) is 17.2 Å². The molecule has 4 rings (SSSR count). The van der Waals surface area contributed by atoms with E-state index in [1.807, 2.05) is 6.92 Å². The Bertz CT molecular complexity index is 1060. The summed E-state index contributed by atoms with van der Waals surface area (Å²) in [7, 11) is 0. The smallest absolute Gasteiger partial charge is 0.217 e. The first-order valence-electron chi connectivity index (χ1n) is 11.6. The molecule has 7 heteroatoms. The third-order valence-corrected chi connectivity index (χ3v) is 7.79. The van der Waals surface area contributed by atoms with E-state index in [1.165, 1.54) is 0 Å². The summed E-state index contributed by atoms with van der Waals surface area (Å²) in [4.78, 5) is 0. The maximum atomic E-state index is 10.5. The summed E-state index contributed by atoms with van der Waals surface area (Å²) in [5.41, 5.74) is -3.06. The van der Waals surface area contributed by atoms with Gasteiger partial charge in [0, 0.05) is 6.42 Å². The van der Waals surface area contributed by atoms with Crippen molar-refractivity contribution >= 4 is 5.90 Å². The molecule has 5 atom stereocenters. The molecule has 1 aromatic carbocycles. The van der Waals surface area contributed by atoms with Gasteiger partial charge in [-0.3, -0.25) is 5.41 Å². The number of nitrogens with zero attached hydrogens (tertiary/aromatic N) is 3. The van der Waals surface area contributed by atoms with Crippen molar-refractivity contribution in [1.82, 2.24) is 0 Å². The molecule has 2 bridgehead atoms. The molecule has 0 amide bonds. The zero-order chi connectivity index (χ0) is 24.1. The summed E-state index contributed by atoms with van der Waals surface area (Å²) in [6.07, 6.45) is 1.73. The fourth-order valence-electron chi connectivity index (χ4n) is 5.88. The fourth-order valence-corrected chi connectivity index (χ4v) is 5.88. The van der Waals surface area contributed by atoms with E-state index in [0.29, 0.717) is 30.8 Å². The molecule has 0 radical (unpaired) electrons. The highest BCUT2D eigenvalue weighted by Gasteiger charge is 2.81. The van der Waals surface area contributed by atoms with Crippen LogP contribution in [-0.2, 0) is 9.47 Å². The highest BCUT2D eigenvalue weighted by Crippen LogP contribution is 2.70. The van der Waals surface area contributed by atoms with E-state index in [1.54, 1.807) is 24.3 Å². The van der Waals surface area contributed by atoms with Gasteiger partial charge in [0.15, 0.2) is 5.41 Å². The highest BCUT2D eigenvalue weighted by molar-refractivity contribution is 5.89. The molecule has 2 heterocycles. The normalized spacial score (nSPS) is 34.2. The van der Waals surface area contributed by atoms with Crippen molar-refractivity contribution in [3.63, 3.8) is 0 Å². The number of hydrogen-bond donors (Lipinski definition) is 1. The Hall–Kier alpha value is -3.08. The molecular formula is C26H30N4O3. The molecule has 1 aliphatic carbocycles. The van der Waals surface area contributed by atoms with Crippen LogP contribution in [0.3, 0.4) is 0 Å². The lowest BCUT2D eigenvalue weighted by Crippen LogP contribution is -2.61. The summed E-state index contributed by atoms with van der Waals surface area (Å²) >= 11 is 0. The molecule has 172 valence electrons. The number of hydrogen-bond acceptors (Lipinski definition) is 7. The van der Waals surface area contributed by atoms with Crippen LogP contribution in [0.1, 0.15) is 65.0 Å². The van der Waals surface area contributed by atoms with Crippen molar-refractivity contribution in [1.29, 1.82) is 21.2 Å². The first-order chi connectivity index (χ1) is 15.6. The number of ether oxygens (including phenoxy) is 3. The molecule has 2 saturated heterocycles. The van der Waals surface area contributed by atoms with E-state index < -0.39 is 28.6 Å². The Balaban J connectivity index is 1.84. The highest BCUT2D eigenvalue weighted by atomic mass is 16.7. The Morgan fingerprint density at radius 3 is 2.33 bits per heavy atom. The molecule has 1 aromatic rings. The number of benzene rings is 1. The Kier molecular flexibility index (Phi) is 5.43. The third kappa shape index (κ3) is 3.05. The maximum Gasteiger partial charge on any atom is 0.217 e. The predicted octanol–water partition coefficient (Wildman–Crippen LogP) is 5.26. The zero-order valence-electron chi connectivity index (χ0n) is 19.6. The second-order valence-electron chi connectivity index (χ2n) is 10.5. The van der Waals surface area contributed by atoms with Crippen LogP contribution in [0.5, 0.6) is 5.75 Å². The number of rotatable bonds is 4. The van der Waals surface area contributed by atoms with Crippen molar-refractivity contribution in [3.8, 4) is 24.0 Å². The lowest BCUT2D eigenvalue weighted by Gasteiger charge is -2.54. The van der Waals surface area contributed by atoms with Gasteiger partial charge in [-0.25, -0.2) is 0 Å². The largest absolute Gasteiger partial charge is 0.494 e. The molecule has 3 aliphatic rings. The molecule has 3 fully saturated rings. The Labute approximate surface area is 195 Å². The van der Waals surface area contributed by atoms with Gasteiger partial charge < -0.3 is 14.2 Å². The first kappa shape index (κ1) is 23.1. The molecule has 7 nitrogen and oxygen atoms in total. The minimum Gasteiger partial charge on any atom is -0.494 e. The van der Waals surface area contributed by atoms with Gasteiger partial charge in [-0.15, -0.1) is 0 Å². The van der Waals surface area contributed by atoms with Gasteiger partial charge in [-0.2, -0.15) is 15.8 Å². The van der Waals surface area contributed by atoms with Crippen LogP contribution >= 0.6 is 0 Å². The minimum atomic E-state index is -1.92. The lowest BCUT2D eigenvalue weighted by molar-refractivity contribution is -0.301. The number of nitrogens with one attached hydrogen (secondary N) is 1. The second kappa shape index (κ2) is 7.75. The monoisotopic (exact) mass is 446 g/mol. The summed E-state index contributed by atoms with van der Waals surface area (Å²) in [6, 6.07) is 13.6. The second-order valence-corrected chi connectivity index (χ2v) is 10.5. The minimum absolute atomic E-state index is 0.0208. The Morgan fingerprint density at radius 2 is 1.79 bits per heavy atom. The van der Waals surface area contributed by atoms with Crippen molar-refractivity contribution in [2.75, 3.05) is 6.61 Å². The van der Waals surface area contributed by atoms with Gasteiger partial charge in [0.2, 0.25) is 17.1 Å². The van der Waals surface area contributed by atoms with Crippen molar-refractivity contribution < 1.29 is 14.2 Å². The molecule has 0 spiro atoms. The summed E-state index contributed by atoms with van der Waals surface area (Å²) in [5.74, 6) is -1.14. The van der Waals surface area contributed by atoms with E-state index in [9.17, 15) is 15.8 Å². The third-order valence-electron chi connectivity index (χ3n) is 7.79. The molecule has 0 aromatic heterocycles. The van der Waals surface area contributed by atoms with Crippen LogP contribution in [0, 0.1) is 67.5 Å². The van der Waals surface area contributed by atoms with Gasteiger partial charge in [0.1, 0.15) is 11.9 Å². The van der Waals surface area contributed by atoms with Gasteiger partial charge in [-0.05, 0) is 48.3 Å². The SMILES string of the molecule is CCCOc1ccc(C2OC34CCC(C(C)(C)C)CC3C(C#N)(C(=N)O4)C2(C#N)C#N)cc1. The summed E-state index contributed by atoms with van der Waals surface area (Å²) in [6.45, 7) is 9.06. The standard InChI is InChI=1S/C26H30N4O3/c1-5-12-31-19-8-6-17(7-9-19)21-24(14-27,15-28)25(16-29)20-13-18(23(2,3)4)10-11-26(20,32-21)33-22(25)30/h6-9,18,20-21,30H,5,10-13H2,1-4H3. The van der Waals surface area contributed by atoms with Crippen molar-refractivity contribution in [3.05, 3.63) is 29.8 Å². The summed E-state index contributed by atoms with van der Waals surface area (Å²) < 4.78 is 18.2. The topological polar surface area (TPSA) is 123 Å². The Morgan fingerprint density at radius 1 is 1.12 bits per heavy atom. The zero-order valence-corrected chi connectivity index (χ0v) is 19.6. The van der Waals surface area contributed by atoms with Crippen LogP contribution in [0.15, 0.2) is 24.3 Å². The number of nitriles is 3. The van der Waals surface area contributed by atoms with Crippen LogP contribution in [0.4, 0.5) is 0 Å². The molecule has 1 N–H and O–H groups in total. The van der Waals surface area contributed by atoms with E-state index >= 15 is 0 Å². The van der Waals surface area contributed by atoms with Crippen molar-refractivity contribution in [2.24, 2.45) is 28.1 Å². The molecule has 1 saturated carbocycles. The van der Waals surface area contributed by atoms with Gasteiger partial charge in [0.25, 0.3) is 0 Å². The van der Waals surface area contributed by atoms with Gasteiger partial charge in [0.05, 0.1) is 30.7 Å². The van der Waals surface area contributed by atoms with E-state index in [0.717, 1.165) is 12.8 Å². The van der Waals surface area contributed by atoms with Gasteiger partial charge in [-0.1, -0.05) is 39.8 Å². The predicted molar refractivity (Wildman–Crippen MR) is 120 cm³/mol. The molecule has 2 aliphatic heterocycles. The maximum absolute atomic E-state index is 10.5. The van der Waals surface area contributed by atoms with Gasteiger partial charge >= 0.3 is 0 Å². The molecule has 5 unspecified atom stereocenters. The first-order valence-corrected chi connectivity index (χ1v) is 11.6. The fraction of sp³-hybridized carbons (Fsp3) is 0.615. The van der Waals surface area contributed by atoms with E-state index in [2.05, 4.69) is 39.0 Å². The quantitative estimate of drug-likeness (QED) is 0.673. The van der Waals surface area contributed by atoms with Crippen molar-refractivity contribution in [2.45, 2.75) is 65.3 Å². The lowest BCUT2D eigenvalue weighted by atomic mass is 9.49. The summed E-state index contributed by atoms with van der Waals surface area (Å²) in [5, 5.41) is 40.1. The van der Waals surface area contributed by atoms with Crippen LogP contribution in [-0.4, -0.2) is 18.3 Å². The van der Waals surface area contributed by atoms with E-state index in [4.69, 9.17) is 19.6 Å². The van der Waals surface area contributed by atoms with Crippen LogP contribution < -0.4 is 4.74 Å². The average Bonchev–Trinajstić information content (AvgIpc) is 3.01. The molecule has 33 heavy (non-hydrogen) atoms. The molecular weight excluding hydrogens is 416 g/mol.